The van der Waals surface area contributed by atoms with E-state index in [4.69, 9.17) is 5.11 Å². The summed E-state index contributed by atoms with van der Waals surface area (Å²) < 4.78 is 1.89. The summed E-state index contributed by atoms with van der Waals surface area (Å²) in [6.45, 7) is 7.90. The van der Waals surface area contributed by atoms with Crippen LogP contribution in [-0.4, -0.2) is 27.4 Å². The molecule has 0 aliphatic heterocycles. The van der Waals surface area contributed by atoms with E-state index in [-0.39, 0.29) is 11.8 Å². The molecule has 5 nitrogen and oxygen atoms in total. The molecule has 0 spiro atoms. The quantitative estimate of drug-likeness (QED) is 0.708. The largest absolute Gasteiger partial charge is 0.481 e. The first-order valence-electron chi connectivity index (χ1n) is 6.72. The third kappa shape index (κ3) is 5.87. The van der Waals surface area contributed by atoms with Crippen LogP contribution in [0.5, 0.6) is 0 Å². The zero-order valence-corrected chi connectivity index (χ0v) is 12.4. The molecule has 108 valence electrons. The van der Waals surface area contributed by atoms with E-state index >= 15 is 0 Å². The van der Waals surface area contributed by atoms with Gasteiger partial charge in [-0.3, -0.25) is 9.48 Å². The number of hydrogen-bond donors (Lipinski definition) is 2. The van der Waals surface area contributed by atoms with Gasteiger partial charge in [0.1, 0.15) is 0 Å². The maximum absolute atomic E-state index is 10.6. The SMILES string of the molecule is Cc1cc(CNCCC(C)(C)CCC(=O)O)n(C)n1. The molecule has 2 N–H and O–H groups in total. The molecule has 0 fully saturated rings. The van der Waals surface area contributed by atoms with Crippen molar-refractivity contribution in [3.05, 3.63) is 17.5 Å². The fraction of sp³-hybridized carbons (Fsp3) is 0.714. The van der Waals surface area contributed by atoms with E-state index in [1.165, 1.54) is 5.69 Å². The van der Waals surface area contributed by atoms with Crippen LogP contribution in [0, 0.1) is 12.3 Å². The van der Waals surface area contributed by atoms with Gasteiger partial charge in [0.25, 0.3) is 0 Å². The standard InChI is InChI=1S/C14H25N3O2/c1-11-9-12(17(4)16-11)10-15-8-7-14(2,3)6-5-13(18)19/h9,15H,5-8,10H2,1-4H3,(H,18,19). The smallest absolute Gasteiger partial charge is 0.303 e. The first-order chi connectivity index (χ1) is 8.80. The van der Waals surface area contributed by atoms with Crippen LogP contribution in [0.2, 0.25) is 0 Å². The highest BCUT2D eigenvalue weighted by atomic mass is 16.4. The molecule has 5 heteroatoms. The Labute approximate surface area is 115 Å². The molecular formula is C14H25N3O2. The molecule has 0 unspecified atom stereocenters. The lowest BCUT2D eigenvalue weighted by Crippen LogP contribution is -2.23. The van der Waals surface area contributed by atoms with Gasteiger partial charge in [-0.15, -0.1) is 0 Å². The first-order valence-corrected chi connectivity index (χ1v) is 6.72. The van der Waals surface area contributed by atoms with Gasteiger partial charge >= 0.3 is 5.97 Å². The lowest BCUT2D eigenvalue weighted by molar-refractivity contribution is -0.137. The van der Waals surface area contributed by atoms with Crippen LogP contribution in [0.3, 0.4) is 0 Å². The van der Waals surface area contributed by atoms with Gasteiger partial charge in [0, 0.05) is 20.0 Å². The Morgan fingerprint density at radius 3 is 2.68 bits per heavy atom. The monoisotopic (exact) mass is 267 g/mol. The summed E-state index contributed by atoms with van der Waals surface area (Å²) in [4.78, 5) is 10.6. The molecular weight excluding hydrogens is 242 g/mol. The summed E-state index contributed by atoms with van der Waals surface area (Å²) in [6, 6.07) is 2.07. The van der Waals surface area contributed by atoms with E-state index in [1.807, 2.05) is 18.7 Å². The van der Waals surface area contributed by atoms with Crippen LogP contribution in [0.4, 0.5) is 0 Å². The van der Waals surface area contributed by atoms with Crippen LogP contribution in [0.1, 0.15) is 44.5 Å². The molecule has 1 aromatic heterocycles. The van der Waals surface area contributed by atoms with E-state index in [0.717, 1.165) is 31.6 Å². The highest BCUT2D eigenvalue weighted by Crippen LogP contribution is 2.26. The highest BCUT2D eigenvalue weighted by molar-refractivity contribution is 5.66. The second kappa shape index (κ2) is 6.70. The number of aliphatic carboxylic acids is 1. The van der Waals surface area contributed by atoms with Crippen molar-refractivity contribution in [3.63, 3.8) is 0 Å². The zero-order chi connectivity index (χ0) is 14.5. The van der Waals surface area contributed by atoms with Gasteiger partial charge in [-0.2, -0.15) is 5.10 Å². The summed E-state index contributed by atoms with van der Waals surface area (Å²) >= 11 is 0. The topological polar surface area (TPSA) is 67.2 Å². The predicted octanol–water partition coefficient (Wildman–Crippen LogP) is 2.10. The summed E-state index contributed by atoms with van der Waals surface area (Å²) in [5.74, 6) is -0.716. The third-order valence-electron chi connectivity index (χ3n) is 3.40. The van der Waals surface area contributed by atoms with Crippen molar-refractivity contribution in [1.82, 2.24) is 15.1 Å². The van der Waals surface area contributed by atoms with Gasteiger partial charge in [0.2, 0.25) is 0 Å². The molecule has 0 aliphatic carbocycles. The average Bonchev–Trinajstić information content (AvgIpc) is 2.61. The third-order valence-corrected chi connectivity index (χ3v) is 3.40. The van der Waals surface area contributed by atoms with Gasteiger partial charge in [0.15, 0.2) is 0 Å². The molecule has 0 saturated heterocycles. The minimum atomic E-state index is -0.716. The van der Waals surface area contributed by atoms with Gasteiger partial charge < -0.3 is 10.4 Å². The van der Waals surface area contributed by atoms with Gasteiger partial charge in [-0.1, -0.05) is 13.8 Å². The van der Waals surface area contributed by atoms with Crippen molar-refractivity contribution in [2.24, 2.45) is 12.5 Å². The van der Waals surface area contributed by atoms with Crippen LogP contribution >= 0.6 is 0 Å². The van der Waals surface area contributed by atoms with Crippen molar-refractivity contribution < 1.29 is 9.90 Å². The maximum atomic E-state index is 10.6. The minimum absolute atomic E-state index is 0.0633. The summed E-state index contributed by atoms with van der Waals surface area (Å²) in [5.41, 5.74) is 2.26. The number of aryl methyl sites for hydroxylation is 2. The van der Waals surface area contributed by atoms with Crippen molar-refractivity contribution in [3.8, 4) is 0 Å². The molecule has 0 amide bonds. The summed E-state index contributed by atoms with van der Waals surface area (Å²) in [5, 5.41) is 16.4. The van der Waals surface area contributed by atoms with Crippen LogP contribution in [-0.2, 0) is 18.4 Å². The number of hydrogen-bond acceptors (Lipinski definition) is 3. The normalized spacial score (nSPS) is 11.8. The fourth-order valence-electron chi connectivity index (χ4n) is 2.04. The second-order valence-corrected chi connectivity index (χ2v) is 5.89. The van der Waals surface area contributed by atoms with Crippen LogP contribution in [0.25, 0.3) is 0 Å². The maximum Gasteiger partial charge on any atom is 0.303 e. The summed E-state index contributed by atoms with van der Waals surface area (Å²) in [7, 11) is 1.95. The van der Waals surface area contributed by atoms with E-state index in [0.29, 0.717) is 0 Å². The molecule has 1 aromatic rings. The van der Waals surface area contributed by atoms with Crippen LogP contribution < -0.4 is 5.32 Å². The van der Waals surface area contributed by atoms with Gasteiger partial charge in [-0.25, -0.2) is 0 Å². The molecule has 0 atom stereocenters. The number of carboxylic acids is 1. The molecule has 0 radical (unpaired) electrons. The summed E-state index contributed by atoms with van der Waals surface area (Å²) in [6.07, 6.45) is 1.93. The molecule has 1 rings (SSSR count). The Morgan fingerprint density at radius 1 is 1.47 bits per heavy atom. The molecule has 0 aromatic carbocycles. The average molecular weight is 267 g/mol. The highest BCUT2D eigenvalue weighted by Gasteiger charge is 2.18. The Morgan fingerprint density at radius 2 is 2.16 bits per heavy atom. The molecule has 0 saturated carbocycles. The Balaban J connectivity index is 2.26. The van der Waals surface area contributed by atoms with Crippen molar-refractivity contribution in [2.45, 2.75) is 46.6 Å². The predicted molar refractivity (Wildman–Crippen MR) is 74.9 cm³/mol. The lowest BCUT2D eigenvalue weighted by atomic mass is 9.84. The second-order valence-electron chi connectivity index (χ2n) is 5.89. The molecule has 19 heavy (non-hydrogen) atoms. The molecule has 0 aliphatic rings. The van der Waals surface area contributed by atoms with Crippen molar-refractivity contribution >= 4 is 5.97 Å². The Kier molecular flexibility index (Phi) is 5.54. The van der Waals surface area contributed by atoms with Crippen molar-refractivity contribution in [1.29, 1.82) is 0 Å². The number of nitrogens with zero attached hydrogens (tertiary/aromatic N) is 2. The molecule has 1 heterocycles. The lowest BCUT2D eigenvalue weighted by Gasteiger charge is -2.23. The number of aromatic nitrogens is 2. The number of nitrogens with one attached hydrogen (secondary N) is 1. The van der Waals surface area contributed by atoms with Gasteiger partial charge in [0.05, 0.1) is 11.4 Å². The Hall–Kier alpha value is -1.36. The van der Waals surface area contributed by atoms with Crippen LogP contribution in [0.15, 0.2) is 6.07 Å². The minimum Gasteiger partial charge on any atom is -0.481 e. The van der Waals surface area contributed by atoms with Gasteiger partial charge in [-0.05, 0) is 37.8 Å². The van der Waals surface area contributed by atoms with E-state index < -0.39 is 5.97 Å². The van der Waals surface area contributed by atoms with E-state index in [9.17, 15) is 4.79 Å². The first kappa shape index (κ1) is 15.7. The Bertz CT molecular complexity index is 424. The molecule has 0 bridgehead atoms. The van der Waals surface area contributed by atoms with E-state index in [2.05, 4.69) is 30.3 Å². The number of carbonyl (C=O) groups is 1. The van der Waals surface area contributed by atoms with Crippen molar-refractivity contribution in [2.75, 3.05) is 6.54 Å². The number of carboxylic acid groups (broad SMARTS) is 1. The zero-order valence-electron chi connectivity index (χ0n) is 12.4. The number of rotatable bonds is 8. The fourth-order valence-corrected chi connectivity index (χ4v) is 2.04. The van der Waals surface area contributed by atoms with E-state index in [1.54, 1.807) is 0 Å².